The van der Waals surface area contributed by atoms with Crippen LogP contribution >= 0.6 is 6.26 Å². The lowest BCUT2D eigenvalue weighted by atomic mass is 10.2. The van der Waals surface area contributed by atoms with Crippen LogP contribution in [0, 0.1) is 19.8 Å². The van der Waals surface area contributed by atoms with Crippen LogP contribution in [0.1, 0.15) is 25.0 Å². The van der Waals surface area contributed by atoms with Gasteiger partial charge in [0.1, 0.15) is 0 Å². The molecule has 1 nitrogen and oxygen atoms in total. The topological polar surface area (TPSA) is 20.2 Å². The predicted octanol–water partition coefficient (Wildman–Crippen LogP) is 2.97. The fourth-order valence-electron chi connectivity index (χ4n) is 1.94. The second-order valence-electron chi connectivity index (χ2n) is 4.52. The van der Waals surface area contributed by atoms with E-state index < -0.39 is 6.26 Å². The van der Waals surface area contributed by atoms with Crippen LogP contribution in [-0.2, 0) is 11.8 Å². The van der Waals surface area contributed by atoms with Crippen LogP contribution in [0.2, 0.25) is 0 Å². The summed E-state index contributed by atoms with van der Waals surface area (Å²) in [5.41, 5.74) is 2.25. The van der Waals surface area contributed by atoms with Gasteiger partial charge in [0.05, 0.1) is 6.26 Å². The van der Waals surface area contributed by atoms with E-state index in [0.29, 0.717) is 5.92 Å². The molecule has 1 aromatic rings. The Morgan fingerprint density at radius 2 is 1.73 bits per heavy atom. The van der Waals surface area contributed by atoms with Gasteiger partial charge in [-0.1, -0.05) is 43.9 Å². The summed E-state index contributed by atoms with van der Waals surface area (Å²) >= 11 is 5.43. The van der Waals surface area contributed by atoms with E-state index in [0.717, 1.165) is 22.6 Å². The van der Waals surface area contributed by atoms with Gasteiger partial charge in [-0.3, -0.25) is 0 Å². The van der Waals surface area contributed by atoms with E-state index in [1.54, 1.807) is 0 Å². The molecular weight excluding hydrogens is 223 g/mol. The molecule has 1 rings (SSSR count). The first-order valence-corrected chi connectivity index (χ1v) is 8.17. The third-order valence-corrected chi connectivity index (χ3v) is 6.03. The fourth-order valence-corrected chi connectivity index (χ4v) is 6.13. The van der Waals surface area contributed by atoms with E-state index in [4.69, 9.17) is 11.8 Å². The monoisotopic (exact) mass is 242 g/mol. The lowest BCUT2D eigenvalue weighted by molar-refractivity contribution is 0.611. The molecule has 0 saturated heterocycles. The number of hydrogen-bond donors (Lipinski definition) is 1. The van der Waals surface area contributed by atoms with Crippen molar-refractivity contribution in [3.05, 3.63) is 29.3 Å². The summed E-state index contributed by atoms with van der Waals surface area (Å²) < 4.78 is 0. The Morgan fingerprint density at radius 1 is 1.27 bits per heavy atom. The molecular formula is C12H19OPS. The van der Waals surface area contributed by atoms with Crippen LogP contribution in [0.25, 0.3) is 0 Å². The minimum atomic E-state index is -2.34. The second kappa shape index (κ2) is 4.78. The molecule has 3 heteroatoms. The summed E-state index contributed by atoms with van der Waals surface area (Å²) in [4.78, 5) is 10.4. The lowest BCUT2D eigenvalue weighted by Gasteiger charge is -2.22. The van der Waals surface area contributed by atoms with Gasteiger partial charge in [-0.15, -0.1) is 0 Å². The molecule has 0 aliphatic heterocycles. The van der Waals surface area contributed by atoms with Gasteiger partial charge in [0.2, 0.25) is 0 Å². The highest BCUT2D eigenvalue weighted by molar-refractivity contribution is 8.15. The van der Waals surface area contributed by atoms with Gasteiger partial charge in [-0.05, 0) is 30.9 Å². The first kappa shape index (κ1) is 12.9. The molecule has 0 saturated carbocycles. The average molecular weight is 242 g/mol. The molecule has 0 radical (unpaired) electrons. The number of benzene rings is 1. The van der Waals surface area contributed by atoms with Crippen molar-refractivity contribution in [1.82, 2.24) is 0 Å². The Labute approximate surface area is 97.6 Å². The summed E-state index contributed by atoms with van der Waals surface area (Å²) in [6, 6.07) is 6.07. The summed E-state index contributed by atoms with van der Waals surface area (Å²) in [5.74, 6) is 0.444. The molecule has 1 unspecified atom stereocenters. The molecule has 0 aliphatic carbocycles. The Bertz CT molecular complexity index is 378. The minimum absolute atomic E-state index is 0.444. The highest BCUT2D eigenvalue weighted by Crippen LogP contribution is 2.43. The predicted molar refractivity (Wildman–Crippen MR) is 71.8 cm³/mol. The third kappa shape index (κ3) is 3.14. The van der Waals surface area contributed by atoms with Gasteiger partial charge in [0.15, 0.2) is 0 Å². The highest BCUT2D eigenvalue weighted by Gasteiger charge is 2.21. The molecule has 0 aliphatic rings. The Kier molecular flexibility index (Phi) is 4.11. The van der Waals surface area contributed by atoms with E-state index in [9.17, 15) is 4.89 Å². The molecule has 15 heavy (non-hydrogen) atoms. The van der Waals surface area contributed by atoms with Crippen molar-refractivity contribution >= 4 is 23.4 Å². The largest absolute Gasteiger partial charge is 0.361 e. The van der Waals surface area contributed by atoms with Crippen LogP contribution in [0.4, 0.5) is 0 Å². The Hall–Kier alpha value is -0.170. The minimum Gasteiger partial charge on any atom is -0.361 e. The van der Waals surface area contributed by atoms with Crippen molar-refractivity contribution in [3.8, 4) is 0 Å². The fraction of sp³-hybridized carbons (Fsp3) is 0.500. The molecule has 0 spiro atoms. The maximum Gasteiger partial charge on any atom is 0.0921 e. The molecule has 0 bridgehead atoms. The highest BCUT2D eigenvalue weighted by atomic mass is 32.4. The molecule has 0 heterocycles. The van der Waals surface area contributed by atoms with E-state index in [2.05, 4.69) is 13.8 Å². The van der Waals surface area contributed by atoms with E-state index >= 15 is 0 Å². The van der Waals surface area contributed by atoms with Crippen molar-refractivity contribution in [1.29, 1.82) is 0 Å². The van der Waals surface area contributed by atoms with Crippen molar-refractivity contribution < 1.29 is 4.89 Å². The zero-order valence-electron chi connectivity index (χ0n) is 9.82. The molecule has 1 atom stereocenters. The Balaban J connectivity index is 3.20. The standard InChI is InChI=1S/C12H19OPS/c1-9(2)8-14(13,15)12-10(3)6-5-7-11(12)4/h5-7,9H,8H2,1-4H3,(H,13,15). The first-order valence-electron chi connectivity index (χ1n) is 5.23. The second-order valence-corrected chi connectivity index (χ2v) is 8.55. The maximum absolute atomic E-state index is 10.4. The van der Waals surface area contributed by atoms with Crippen molar-refractivity contribution in [2.45, 2.75) is 27.7 Å². The van der Waals surface area contributed by atoms with Crippen LogP contribution in [-0.4, -0.2) is 11.1 Å². The van der Waals surface area contributed by atoms with Gasteiger partial charge in [-0.25, -0.2) is 0 Å². The van der Waals surface area contributed by atoms with E-state index in [1.165, 1.54) is 0 Å². The molecule has 1 aromatic carbocycles. The molecule has 1 N–H and O–H groups in total. The summed E-state index contributed by atoms with van der Waals surface area (Å²) in [7, 11) is 0. The third-order valence-electron chi connectivity index (χ3n) is 2.40. The van der Waals surface area contributed by atoms with Crippen molar-refractivity contribution in [2.24, 2.45) is 5.92 Å². The molecule has 0 fully saturated rings. The van der Waals surface area contributed by atoms with Crippen LogP contribution in [0.5, 0.6) is 0 Å². The van der Waals surface area contributed by atoms with Gasteiger partial charge in [0, 0.05) is 11.5 Å². The zero-order chi connectivity index (χ0) is 11.6. The number of rotatable bonds is 3. The van der Waals surface area contributed by atoms with E-state index in [1.807, 2.05) is 32.0 Å². The van der Waals surface area contributed by atoms with E-state index in [-0.39, 0.29) is 0 Å². The van der Waals surface area contributed by atoms with Gasteiger partial charge < -0.3 is 4.89 Å². The van der Waals surface area contributed by atoms with Crippen LogP contribution in [0.3, 0.4) is 0 Å². The van der Waals surface area contributed by atoms with Crippen LogP contribution < -0.4 is 5.30 Å². The van der Waals surface area contributed by atoms with Gasteiger partial charge in [-0.2, -0.15) is 0 Å². The smallest absolute Gasteiger partial charge is 0.0921 e. The van der Waals surface area contributed by atoms with Crippen molar-refractivity contribution in [2.75, 3.05) is 6.16 Å². The number of aryl methyl sites for hydroxylation is 2. The summed E-state index contributed by atoms with van der Waals surface area (Å²) in [5, 5.41) is 1.02. The summed E-state index contributed by atoms with van der Waals surface area (Å²) in [6.07, 6.45) is -1.61. The van der Waals surface area contributed by atoms with Crippen molar-refractivity contribution in [3.63, 3.8) is 0 Å². The maximum atomic E-state index is 10.4. The molecule has 84 valence electrons. The van der Waals surface area contributed by atoms with Gasteiger partial charge in [0.25, 0.3) is 0 Å². The lowest BCUT2D eigenvalue weighted by Crippen LogP contribution is -2.16. The molecule has 0 aromatic heterocycles. The zero-order valence-corrected chi connectivity index (χ0v) is 11.5. The molecule has 0 amide bonds. The SMILES string of the molecule is Cc1cccc(C)c1P(O)(=S)CC(C)C. The summed E-state index contributed by atoms with van der Waals surface area (Å²) in [6.45, 7) is 8.26. The quantitative estimate of drug-likeness (QED) is 0.822. The van der Waals surface area contributed by atoms with Crippen LogP contribution in [0.15, 0.2) is 18.2 Å². The first-order chi connectivity index (χ1) is 6.84. The van der Waals surface area contributed by atoms with Gasteiger partial charge >= 0.3 is 0 Å². The normalized spacial score (nSPS) is 15.3. The average Bonchev–Trinajstić information content (AvgIpc) is 1.99. The number of hydrogen-bond acceptors (Lipinski definition) is 1. The Morgan fingerprint density at radius 3 is 2.13 bits per heavy atom.